The lowest BCUT2D eigenvalue weighted by Crippen LogP contribution is -2.29. The van der Waals surface area contributed by atoms with Crippen LogP contribution >= 0.6 is 11.6 Å². The molecule has 0 bridgehead atoms. The van der Waals surface area contributed by atoms with E-state index in [-0.39, 0.29) is 10.6 Å². The first-order valence-electron chi connectivity index (χ1n) is 6.16. The van der Waals surface area contributed by atoms with Gasteiger partial charge in [0.1, 0.15) is 5.02 Å². The molecule has 5 nitrogen and oxygen atoms in total. The summed E-state index contributed by atoms with van der Waals surface area (Å²) in [5.41, 5.74) is 0.425. The zero-order chi connectivity index (χ0) is 13.3. The van der Waals surface area contributed by atoms with Gasteiger partial charge in [0.15, 0.2) is 0 Å². The van der Waals surface area contributed by atoms with Crippen molar-refractivity contribution in [3.63, 3.8) is 0 Å². The third-order valence-electron chi connectivity index (χ3n) is 3.19. The molecule has 1 saturated carbocycles. The summed E-state index contributed by atoms with van der Waals surface area (Å²) in [7, 11) is 3.91. The number of nitrogens with zero attached hydrogens (tertiary/aromatic N) is 3. The first-order chi connectivity index (χ1) is 8.49. The van der Waals surface area contributed by atoms with Crippen LogP contribution in [0.15, 0.2) is 11.0 Å². The molecule has 1 N–H and O–H groups in total. The standard InChI is InChI=1S/C12H19ClN4O/c1-8-6-9(8)15-10-7-14-17(5-4-16(2)3)12(18)11(10)13/h7-9,15H,4-6H2,1-3H3. The Bertz CT molecular complexity index is 485. The average molecular weight is 271 g/mol. The molecule has 1 aliphatic carbocycles. The summed E-state index contributed by atoms with van der Waals surface area (Å²) in [5, 5.41) is 7.63. The zero-order valence-corrected chi connectivity index (χ0v) is 11.7. The molecule has 18 heavy (non-hydrogen) atoms. The molecule has 1 heterocycles. The Labute approximate surface area is 112 Å². The highest BCUT2D eigenvalue weighted by atomic mass is 35.5. The molecule has 0 amide bonds. The molecular weight excluding hydrogens is 252 g/mol. The van der Waals surface area contributed by atoms with Crippen molar-refractivity contribution >= 4 is 17.3 Å². The molecule has 1 aromatic rings. The van der Waals surface area contributed by atoms with Gasteiger partial charge in [0.2, 0.25) is 0 Å². The highest BCUT2D eigenvalue weighted by molar-refractivity contribution is 6.32. The van der Waals surface area contributed by atoms with Crippen molar-refractivity contribution in [3.8, 4) is 0 Å². The van der Waals surface area contributed by atoms with E-state index in [0.29, 0.717) is 24.2 Å². The number of hydrogen-bond acceptors (Lipinski definition) is 4. The lowest BCUT2D eigenvalue weighted by Gasteiger charge is -2.12. The maximum absolute atomic E-state index is 12.0. The molecule has 0 radical (unpaired) electrons. The summed E-state index contributed by atoms with van der Waals surface area (Å²) < 4.78 is 1.41. The first kappa shape index (κ1) is 13.4. The van der Waals surface area contributed by atoms with Gasteiger partial charge < -0.3 is 10.2 Å². The molecule has 2 unspecified atom stereocenters. The number of likely N-dealkylation sites (N-methyl/N-ethyl adjacent to an activating group) is 1. The van der Waals surface area contributed by atoms with Gasteiger partial charge in [-0.1, -0.05) is 18.5 Å². The van der Waals surface area contributed by atoms with Crippen LogP contribution < -0.4 is 10.9 Å². The predicted octanol–water partition coefficient (Wildman–Crippen LogP) is 1.28. The molecule has 0 aromatic carbocycles. The van der Waals surface area contributed by atoms with E-state index in [1.807, 2.05) is 19.0 Å². The molecule has 0 saturated heterocycles. The van der Waals surface area contributed by atoms with Gasteiger partial charge in [-0.15, -0.1) is 0 Å². The Balaban J connectivity index is 2.11. The van der Waals surface area contributed by atoms with Crippen LogP contribution in [-0.2, 0) is 6.54 Å². The van der Waals surface area contributed by atoms with E-state index >= 15 is 0 Å². The van der Waals surface area contributed by atoms with E-state index in [4.69, 9.17) is 11.6 Å². The van der Waals surface area contributed by atoms with Gasteiger partial charge in [0, 0.05) is 12.6 Å². The van der Waals surface area contributed by atoms with Crippen molar-refractivity contribution < 1.29 is 0 Å². The SMILES string of the molecule is CC1CC1Nc1cnn(CCN(C)C)c(=O)c1Cl. The molecule has 2 atom stereocenters. The molecule has 1 aliphatic rings. The molecule has 1 fully saturated rings. The van der Waals surface area contributed by atoms with E-state index in [9.17, 15) is 4.79 Å². The minimum absolute atomic E-state index is 0.225. The van der Waals surface area contributed by atoms with Crippen molar-refractivity contribution in [2.45, 2.75) is 25.9 Å². The van der Waals surface area contributed by atoms with Crippen LogP contribution in [-0.4, -0.2) is 41.4 Å². The maximum Gasteiger partial charge on any atom is 0.287 e. The average Bonchev–Trinajstić information content (AvgIpc) is 3.00. The summed E-state index contributed by atoms with van der Waals surface area (Å²) in [5.74, 6) is 0.650. The Kier molecular flexibility index (Phi) is 3.92. The minimum atomic E-state index is -0.225. The summed E-state index contributed by atoms with van der Waals surface area (Å²) in [6.45, 7) is 3.47. The van der Waals surface area contributed by atoms with Crippen molar-refractivity contribution in [1.29, 1.82) is 0 Å². The van der Waals surface area contributed by atoms with Gasteiger partial charge >= 0.3 is 0 Å². The van der Waals surface area contributed by atoms with Crippen LogP contribution in [0.2, 0.25) is 5.02 Å². The van der Waals surface area contributed by atoms with Crippen LogP contribution in [0.1, 0.15) is 13.3 Å². The van der Waals surface area contributed by atoms with Gasteiger partial charge in [0.25, 0.3) is 5.56 Å². The van der Waals surface area contributed by atoms with Gasteiger partial charge in [0.05, 0.1) is 18.4 Å². The van der Waals surface area contributed by atoms with E-state index in [1.54, 1.807) is 6.20 Å². The van der Waals surface area contributed by atoms with Gasteiger partial charge in [-0.2, -0.15) is 5.10 Å². The molecule has 100 valence electrons. The number of halogens is 1. The summed E-state index contributed by atoms with van der Waals surface area (Å²) >= 11 is 6.08. The Morgan fingerprint density at radius 1 is 1.61 bits per heavy atom. The lowest BCUT2D eigenvalue weighted by atomic mass is 10.4. The van der Waals surface area contributed by atoms with Gasteiger partial charge in [-0.25, -0.2) is 4.68 Å². The molecule has 2 rings (SSSR count). The van der Waals surface area contributed by atoms with E-state index in [2.05, 4.69) is 17.3 Å². The number of nitrogens with one attached hydrogen (secondary N) is 1. The fourth-order valence-corrected chi connectivity index (χ4v) is 1.94. The van der Waals surface area contributed by atoms with E-state index < -0.39 is 0 Å². The van der Waals surface area contributed by atoms with Gasteiger partial charge in [-0.05, 0) is 26.4 Å². The van der Waals surface area contributed by atoms with Crippen molar-refractivity contribution in [2.24, 2.45) is 5.92 Å². The molecular formula is C12H19ClN4O. The highest BCUT2D eigenvalue weighted by Gasteiger charge is 2.33. The topological polar surface area (TPSA) is 50.2 Å². The van der Waals surface area contributed by atoms with Crippen LogP contribution in [0, 0.1) is 5.92 Å². The van der Waals surface area contributed by atoms with Crippen molar-refractivity contribution in [2.75, 3.05) is 26.0 Å². The van der Waals surface area contributed by atoms with E-state index in [0.717, 1.165) is 13.0 Å². The molecule has 6 heteroatoms. The normalized spacial score (nSPS) is 22.3. The first-order valence-corrected chi connectivity index (χ1v) is 6.53. The minimum Gasteiger partial charge on any atom is -0.379 e. The number of aromatic nitrogens is 2. The highest BCUT2D eigenvalue weighted by Crippen LogP contribution is 2.33. The molecule has 0 spiro atoms. The number of anilines is 1. The van der Waals surface area contributed by atoms with Crippen LogP contribution in [0.5, 0.6) is 0 Å². The lowest BCUT2D eigenvalue weighted by molar-refractivity contribution is 0.367. The second-order valence-electron chi connectivity index (χ2n) is 5.17. The monoisotopic (exact) mass is 270 g/mol. The van der Waals surface area contributed by atoms with Crippen molar-refractivity contribution in [1.82, 2.24) is 14.7 Å². The molecule has 0 aliphatic heterocycles. The quantitative estimate of drug-likeness (QED) is 0.876. The van der Waals surface area contributed by atoms with E-state index in [1.165, 1.54) is 4.68 Å². The van der Waals surface area contributed by atoms with Gasteiger partial charge in [-0.3, -0.25) is 4.79 Å². The largest absolute Gasteiger partial charge is 0.379 e. The third-order valence-corrected chi connectivity index (χ3v) is 3.56. The second kappa shape index (κ2) is 5.28. The third kappa shape index (κ3) is 3.03. The summed E-state index contributed by atoms with van der Waals surface area (Å²) in [6, 6.07) is 0.432. The Hall–Kier alpha value is -1.07. The second-order valence-corrected chi connectivity index (χ2v) is 5.55. The summed E-state index contributed by atoms with van der Waals surface area (Å²) in [6.07, 6.45) is 2.77. The fourth-order valence-electron chi connectivity index (χ4n) is 1.74. The molecule has 1 aromatic heterocycles. The van der Waals surface area contributed by atoms with Crippen LogP contribution in [0.4, 0.5) is 5.69 Å². The van der Waals surface area contributed by atoms with Crippen LogP contribution in [0.25, 0.3) is 0 Å². The Morgan fingerprint density at radius 3 is 2.83 bits per heavy atom. The maximum atomic E-state index is 12.0. The number of hydrogen-bond donors (Lipinski definition) is 1. The van der Waals surface area contributed by atoms with Crippen LogP contribution in [0.3, 0.4) is 0 Å². The Morgan fingerprint density at radius 2 is 2.28 bits per heavy atom. The summed E-state index contributed by atoms with van der Waals surface area (Å²) in [4.78, 5) is 14.0. The zero-order valence-electron chi connectivity index (χ0n) is 11.0. The number of rotatable bonds is 5. The fraction of sp³-hybridized carbons (Fsp3) is 0.667. The van der Waals surface area contributed by atoms with Crippen molar-refractivity contribution in [3.05, 3.63) is 21.6 Å². The predicted molar refractivity (Wildman–Crippen MR) is 73.3 cm³/mol. The smallest absolute Gasteiger partial charge is 0.287 e.